The molecule has 0 aliphatic carbocycles. The van der Waals surface area contributed by atoms with Gasteiger partial charge in [0.05, 0.1) is 5.52 Å². The first-order chi connectivity index (χ1) is 12.2. The molecule has 1 aromatic carbocycles. The predicted molar refractivity (Wildman–Crippen MR) is 108 cm³/mol. The van der Waals surface area contributed by atoms with Crippen molar-refractivity contribution in [1.82, 2.24) is 9.55 Å². The Hall–Kier alpha value is -2.20. The van der Waals surface area contributed by atoms with Crippen molar-refractivity contribution >= 4 is 28.5 Å². The maximum absolute atomic E-state index is 4.80. The molecule has 0 spiro atoms. The first-order valence-corrected chi connectivity index (χ1v) is 9.91. The minimum atomic E-state index is 0.812. The number of nitrogens with zero attached hydrogens (tertiary/aromatic N) is 3. The highest BCUT2D eigenvalue weighted by Gasteiger charge is 2.23. The first kappa shape index (κ1) is 16.3. The number of fused-ring (bicyclic) bond motifs is 2. The molecule has 4 heteroatoms. The van der Waals surface area contributed by atoms with Crippen molar-refractivity contribution in [2.75, 3.05) is 17.7 Å². The molecule has 4 rings (SSSR count). The van der Waals surface area contributed by atoms with E-state index in [0.717, 1.165) is 31.9 Å². The Balaban J connectivity index is 1.87. The molecule has 3 nitrogen and oxygen atoms in total. The molecule has 0 saturated carbocycles. The first-order valence-electron chi connectivity index (χ1n) is 8.69. The summed E-state index contributed by atoms with van der Waals surface area (Å²) >= 11 is 1.81. The van der Waals surface area contributed by atoms with Crippen LogP contribution in [0, 0.1) is 6.92 Å². The Morgan fingerprint density at radius 2 is 2.04 bits per heavy atom. The number of anilines is 1. The lowest BCUT2D eigenvalue weighted by molar-refractivity contribution is 0.718. The van der Waals surface area contributed by atoms with Crippen molar-refractivity contribution in [3.05, 3.63) is 66.0 Å². The van der Waals surface area contributed by atoms with Gasteiger partial charge >= 0.3 is 0 Å². The van der Waals surface area contributed by atoms with E-state index in [1.165, 1.54) is 32.6 Å². The Bertz CT molecular complexity index is 942. The van der Waals surface area contributed by atoms with Gasteiger partial charge in [-0.25, -0.2) is 4.98 Å². The number of thioether (sulfide) groups is 1. The quantitative estimate of drug-likeness (QED) is 0.498. The molecule has 0 atom stereocenters. The third-order valence-electron chi connectivity index (χ3n) is 5.10. The molecule has 3 aromatic rings. The zero-order valence-electron chi connectivity index (χ0n) is 14.8. The molecule has 1 aliphatic heterocycles. The van der Waals surface area contributed by atoms with E-state index in [1.54, 1.807) is 0 Å². The van der Waals surface area contributed by atoms with Gasteiger partial charge in [0, 0.05) is 41.8 Å². The molecule has 0 fully saturated rings. The highest BCUT2D eigenvalue weighted by molar-refractivity contribution is 7.98. The molecule has 0 saturated heterocycles. The van der Waals surface area contributed by atoms with Crippen LogP contribution in [0.25, 0.3) is 10.9 Å². The van der Waals surface area contributed by atoms with Gasteiger partial charge in [-0.05, 0) is 36.8 Å². The van der Waals surface area contributed by atoms with Crippen LogP contribution in [0.15, 0.2) is 54.1 Å². The Morgan fingerprint density at radius 3 is 2.80 bits per heavy atom. The Morgan fingerprint density at radius 1 is 1.24 bits per heavy atom. The summed E-state index contributed by atoms with van der Waals surface area (Å²) in [4.78, 5) is 8.57. The fraction of sp³-hybridized carbons (Fsp3) is 0.286. The van der Waals surface area contributed by atoms with Crippen LogP contribution < -0.4 is 4.90 Å². The second kappa shape index (κ2) is 6.60. The van der Waals surface area contributed by atoms with Gasteiger partial charge in [-0.1, -0.05) is 30.3 Å². The number of pyridine rings is 1. The average molecular weight is 350 g/mol. The molecule has 0 unspecified atom stereocenters. The number of hydrogen-bond donors (Lipinski definition) is 0. The Kier molecular flexibility index (Phi) is 4.30. The summed E-state index contributed by atoms with van der Waals surface area (Å²) in [5, 5.41) is 1.30. The van der Waals surface area contributed by atoms with Crippen molar-refractivity contribution in [1.29, 1.82) is 0 Å². The van der Waals surface area contributed by atoms with Gasteiger partial charge in [-0.15, -0.1) is 18.3 Å². The zero-order valence-corrected chi connectivity index (χ0v) is 15.6. The van der Waals surface area contributed by atoms with Gasteiger partial charge in [-0.3, -0.25) is 0 Å². The molecule has 0 amide bonds. The number of allylic oxidation sites excluding steroid dienone is 1. The maximum Gasteiger partial charge on any atom is 0.153 e. The molecule has 128 valence electrons. The topological polar surface area (TPSA) is 21.1 Å². The van der Waals surface area contributed by atoms with Crippen LogP contribution in [-0.4, -0.2) is 22.4 Å². The minimum absolute atomic E-state index is 0.812. The van der Waals surface area contributed by atoms with Crippen LogP contribution in [0.3, 0.4) is 0 Å². The van der Waals surface area contributed by atoms with Gasteiger partial charge in [-0.2, -0.15) is 0 Å². The van der Waals surface area contributed by atoms with Gasteiger partial charge in [0.25, 0.3) is 0 Å². The van der Waals surface area contributed by atoms with E-state index >= 15 is 0 Å². The number of hydrogen-bond acceptors (Lipinski definition) is 3. The third-order valence-corrected chi connectivity index (χ3v) is 6.02. The predicted octanol–water partition coefficient (Wildman–Crippen LogP) is 4.82. The number of benzene rings is 1. The summed E-state index contributed by atoms with van der Waals surface area (Å²) in [6.07, 6.45) is 7.15. The smallest absolute Gasteiger partial charge is 0.153 e. The summed E-state index contributed by atoms with van der Waals surface area (Å²) in [6.45, 7) is 8.90. The lowest BCUT2D eigenvalue weighted by atomic mass is 10.00. The lowest BCUT2D eigenvalue weighted by Gasteiger charge is -2.30. The number of rotatable bonds is 4. The molecule has 1 aliphatic rings. The summed E-state index contributed by atoms with van der Waals surface area (Å²) in [6, 6.07) is 10.9. The monoisotopic (exact) mass is 349 g/mol. The molecule has 0 radical (unpaired) electrons. The maximum atomic E-state index is 4.80. The largest absolute Gasteiger partial charge is 0.350 e. The highest BCUT2D eigenvalue weighted by Crippen LogP contribution is 2.37. The van der Waals surface area contributed by atoms with E-state index in [4.69, 9.17) is 4.98 Å². The van der Waals surface area contributed by atoms with E-state index in [2.05, 4.69) is 59.6 Å². The normalized spacial score (nSPS) is 13.9. The van der Waals surface area contributed by atoms with Crippen LogP contribution in [0.4, 0.5) is 5.82 Å². The van der Waals surface area contributed by atoms with Crippen LogP contribution in [0.5, 0.6) is 0 Å². The average Bonchev–Trinajstić information content (AvgIpc) is 2.93. The van der Waals surface area contributed by atoms with Crippen LogP contribution in [0.1, 0.15) is 16.8 Å². The molecular weight excluding hydrogens is 326 g/mol. The van der Waals surface area contributed by atoms with E-state index in [1.807, 2.05) is 24.0 Å². The van der Waals surface area contributed by atoms with Crippen molar-refractivity contribution < 1.29 is 0 Å². The van der Waals surface area contributed by atoms with E-state index in [9.17, 15) is 0 Å². The van der Waals surface area contributed by atoms with Crippen molar-refractivity contribution in [2.45, 2.75) is 31.3 Å². The molecule has 2 aromatic heterocycles. The van der Waals surface area contributed by atoms with Crippen LogP contribution >= 0.6 is 11.8 Å². The minimum Gasteiger partial charge on any atom is -0.350 e. The van der Waals surface area contributed by atoms with E-state index in [0.29, 0.717) is 0 Å². The van der Waals surface area contributed by atoms with Crippen LogP contribution in [-0.2, 0) is 19.5 Å². The van der Waals surface area contributed by atoms with Crippen molar-refractivity contribution in [3.63, 3.8) is 0 Å². The molecular formula is C21H23N3S. The highest BCUT2D eigenvalue weighted by atomic mass is 32.2. The fourth-order valence-electron chi connectivity index (χ4n) is 3.90. The van der Waals surface area contributed by atoms with E-state index in [-0.39, 0.29) is 0 Å². The lowest BCUT2D eigenvalue weighted by Crippen LogP contribution is -2.31. The number of aromatic nitrogens is 2. The van der Waals surface area contributed by atoms with Gasteiger partial charge in [0.1, 0.15) is 0 Å². The standard InChI is InChI=1S/C21H23N3S/c1-4-12-24-15(2)20(25-3)18-9-11-22-21(19(18)24)23-13-10-16-7-5-6-8-17(16)14-23/h4-9,11H,1,10,12-14H2,2-3H3. The van der Waals surface area contributed by atoms with Gasteiger partial charge in [0.2, 0.25) is 0 Å². The summed E-state index contributed by atoms with van der Waals surface area (Å²) in [5.41, 5.74) is 5.42. The van der Waals surface area contributed by atoms with Crippen LogP contribution in [0.2, 0.25) is 0 Å². The second-order valence-electron chi connectivity index (χ2n) is 6.49. The summed E-state index contributed by atoms with van der Waals surface area (Å²) in [5.74, 6) is 1.09. The molecule has 3 heterocycles. The summed E-state index contributed by atoms with van der Waals surface area (Å²) in [7, 11) is 0. The Labute approximate surface area is 153 Å². The molecule has 25 heavy (non-hydrogen) atoms. The second-order valence-corrected chi connectivity index (χ2v) is 7.31. The van der Waals surface area contributed by atoms with Crippen molar-refractivity contribution in [2.24, 2.45) is 0 Å². The third kappa shape index (κ3) is 2.65. The zero-order chi connectivity index (χ0) is 17.4. The molecule has 0 bridgehead atoms. The van der Waals surface area contributed by atoms with Gasteiger partial charge in [0.15, 0.2) is 5.82 Å². The fourth-order valence-corrected chi connectivity index (χ4v) is 4.69. The molecule has 0 N–H and O–H groups in total. The van der Waals surface area contributed by atoms with Crippen molar-refractivity contribution in [3.8, 4) is 0 Å². The van der Waals surface area contributed by atoms with E-state index < -0.39 is 0 Å². The van der Waals surface area contributed by atoms with Gasteiger partial charge < -0.3 is 9.47 Å². The SMILES string of the molecule is C=CCn1c(C)c(SC)c2ccnc(N3CCc4ccccc4C3)c21. The summed E-state index contributed by atoms with van der Waals surface area (Å²) < 4.78 is 2.36.